The fourth-order valence-corrected chi connectivity index (χ4v) is 3.20. The van der Waals surface area contributed by atoms with Crippen LogP contribution in [-0.2, 0) is 6.18 Å². The maximum absolute atomic E-state index is 13.2. The van der Waals surface area contributed by atoms with Crippen LogP contribution in [0.5, 0.6) is 5.75 Å². The summed E-state index contributed by atoms with van der Waals surface area (Å²) in [7, 11) is 0. The summed E-state index contributed by atoms with van der Waals surface area (Å²) in [5.41, 5.74) is 4.19. The van der Waals surface area contributed by atoms with Crippen molar-refractivity contribution >= 4 is 11.4 Å². The average molecular weight is 382 g/mol. The highest BCUT2D eigenvalue weighted by Gasteiger charge is 2.33. The summed E-state index contributed by atoms with van der Waals surface area (Å²) in [5, 5.41) is 4.33. The normalized spacial score (nSPS) is 17.7. The van der Waals surface area contributed by atoms with E-state index in [1.165, 1.54) is 12.1 Å². The lowest BCUT2D eigenvalue weighted by atomic mass is 9.96. The van der Waals surface area contributed by atoms with Crippen LogP contribution in [0.1, 0.15) is 29.2 Å². The molecule has 142 valence electrons. The standard InChI is InChI=1S/C22H17F3N2O/c23-22(24,25)17-11-5-6-12-18(17)26-27-19-14-21(15-8-2-1-3-9-15)28-20-13-7-4-10-16(19)20/h1-13,21,26H,14H2/t21-/m0/s1. The largest absolute Gasteiger partial charge is 0.485 e. The van der Waals surface area contributed by atoms with Gasteiger partial charge in [0.1, 0.15) is 11.9 Å². The lowest BCUT2D eigenvalue weighted by Crippen LogP contribution is -2.22. The van der Waals surface area contributed by atoms with Gasteiger partial charge in [0.05, 0.1) is 17.0 Å². The third-order valence-electron chi connectivity index (χ3n) is 4.56. The summed E-state index contributed by atoms with van der Waals surface area (Å²) >= 11 is 0. The third kappa shape index (κ3) is 3.71. The van der Waals surface area contributed by atoms with Crippen LogP contribution < -0.4 is 10.2 Å². The molecule has 0 saturated carbocycles. The Morgan fingerprint density at radius 2 is 1.54 bits per heavy atom. The zero-order chi connectivity index (χ0) is 19.6. The molecule has 0 amide bonds. The summed E-state index contributed by atoms with van der Waals surface area (Å²) in [6, 6.07) is 22.4. The number of nitrogens with zero attached hydrogens (tertiary/aromatic N) is 1. The number of hydrogen-bond acceptors (Lipinski definition) is 3. The molecule has 0 aromatic heterocycles. The lowest BCUT2D eigenvalue weighted by Gasteiger charge is -2.27. The van der Waals surface area contributed by atoms with Gasteiger partial charge in [0, 0.05) is 12.0 Å². The summed E-state index contributed by atoms with van der Waals surface area (Å²) in [6.45, 7) is 0. The van der Waals surface area contributed by atoms with E-state index in [0.717, 1.165) is 17.2 Å². The van der Waals surface area contributed by atoms with E-state index in [0.29, 0.717) is 17.9 Å². The number of halogens is 3. The van der Waals surface area contributed by atoms with Gasteiger partial charge in [-0.25, -0.2) is 0 Å². The van der Waals surface area contributed by atoms with Crippen LogP contribution in [0.25, 0.3) is 0 Å². The van der Waals surface area contributed by atoms with Gasteiger partial charge in [-0.1, -0.05) is 54.6 Å². The fourth-order valence-electron chi connectivity index (χ4n) is 3.20. The number of anilines is 1. The number of hydrazone groups is 1. The molecule has 0 unspecified atom stereocenters. The molecule has 3 aromatic carbocycles. The Kier molecular flexibility index (Phi) is 4.77. The molecule has 6 heteroatoms. The topological polar surface area (TPSA) is 33.6 Å². The number of alkyl halides is 3. The van der Waals surface area contributed by atoms with E-state index >= 15 is 0 Å². The van der Waals surface area contributed by atoms with E-state index in [2.05, 4.69) is 10.5 Å². The minimum atomic E-state index is -4.45. The van der Waals surface area contributed by atoms with Crippen molar-refractivity contribution in [3.05, 3.63) is 95.6 Å². The van der Waals surface area contributed by atoms with Crippen LogP contribution in [0.2, 0.25) is 0 Å². The Morgan fingerprint density at radius 1 is 0.857 bits per heavy atom. The highest BCUT2D eigenvalue weighted by atomic mass is 19.4. The quantitative estimate of drug-likeness (QED) is 0.560. The predicted octanol–water partition coefficient (Wildman–Crippen LogP) is 6.05. The smallest absolute Gasteiger partial charge is 0.418 e. The van der Waals surface area contributed by atoms with Crippen molar-refractivity contribution in [3.63, 3.8) is 0 Å². The van der Waals surface area contributed by atoms with E-state index in [1.807, 2.05) is 54.6 Å². The van der Waals surface area contributed by atoms with Gasteiger partial charge in [-0.3, -0.25) is 5.43 Å². The Bertz CT molecular complexity index is 1000. The van der Waals surface area contributed by atoms with E-state index in [4.69, 9.17) is 4.74 Å². The molecule has 3 aromatic rings. The molecule has 1 aliphatic heterocycles. The van der Waals surface area contributed by atoms with Gasteiger partial charge >= 0.3 is 6.18 Å². The summed E-state index contributed by atoms with van der Waals surface area (Å²) in [5.74, 6) is 0.659. The molecule has 0 radical (unpaired) electrons. The first-order chi connectivity index (χ1) is 13.5. The maximum Gasteiger partial charge on any atom is 0.418 e. The second kappa shape index (κ2) is 7.38. The van der Waals surface area contributed by atoms with Crippen molar-refractivity contribution in [2.24, 2.45) is 5.10 Å². The molecule has 3 nitrogen and oxygen atoms in total. The predicted molar refractivity (Wildman–Crippen MR) is 102 cm³/mol. The van der Waals surface area contributed by atoms with Gasteiger partial charge in [0.15, 0.2) is 0 Å². The third-order valence-corrected chi connectivity index (χ3v) is 4.56. The number of fused-ring (bicyclic) bond motifs is 1. The van der Waals surface area contributed by atoms with Crippen LogP contribution in [-0.4, -0.2) is 5.71 Å². The number of nitrogens with one attached hydrogen (secondary N) is 1. The summed E-state index contributed by atoms with van der Waals surface area (Å²) in [4.78, 5) is 0. The number of hydrogen-bond donors (Lipinski definition) is 1. The zero-order valence-electron chi connectivity index (χ0n) is 14.8. The van der Waals surface area contributed by atoms with Crippen molar-refractivity contribution in [1.29, 1.82) is 0 Å². The van der Waals surface area contributed by atoms with Gasteiger partial charge in [-0.15, -0.1) is 0 Å². The van der Waals surface area contributed by atoms with Crippen molar-refractivity contribution < 1.29 is 17.9 Å². The van der Waals surface area contributed by atoms with Gasteiger partial charge < -0.3 is 4.74 Å². The minimum Gasteiger partial charge on any atom is -0.485 e. The summed E-state index contributed by atoms with van der Waals surface area (Å²) < 4.78 is 45.8. The molecule has 0 aliphatic carbocycles. The second-order valence-electron chi connectivity index (χ2n) is 6.43. The number of benzene rings is 3. The first-order valence-corrected chi connectivity index (χ1v) is 8.82. The van der Waals surface area contributed by atoms with Crippen LogP contribution in [0.3, 0.4) is 0 Å². The van der Waals surface area contributed by atoms with Crippen LogP contribution in [0.15, 0.2) is 84.0 Å². The number of rotatable bonds is 3. The Hall–Kier alpha value is -3.28. The van der Waals surface area contributed by atoms with Crippen LogP contribution in [0.4, 0.5) is 18.9 Å². The SMILES string of the molecule is FC(F)(F)c1ccccc1NN=C1C[C@@H](c2ccccc2)Oc2ccccc21. The molecular weight excluding hydrogens is 365 g/mol. The molecule has 0 spiro atoms. The Balaban J connectivity index is 1.68. The minimum absolute atomic E-state index is 0.0808. The molecule has 0 saturated heterocycles. The zero-order valence-corrected chi connectivity index (χ0v) is 14.8. The molecule has 0 bridgehead atoms. The Labute approximate surface area is 160 Å². The van der Waals surface area contributed by atoms with Crippen molar-refractivity contribution in [3.8, 4) is 5.75 Å². The van der Waals surface area contributed by atoms with Gasteiger partial charge in [-0.05, 0) is 29.8 Å². The monoisotopic (exact) mass is 382 g/mol. The maximum atomic E-state index is 13.2. The number of ether oxygens (including phenoxy) is 1. The molecular formula is C22H17F3N2O. The second-order valence-corrected chi connectivity index (χ2v) is 6.43. The molecule has 1 N–H and O–H groups in total. The molecule has 0 fully saturated rings. The van der Waals surface area contributed by atoms with Crippen molar-refractivity contribution in [2.45, 2.75) is 18.7 Å². The highest BCUT2D eigenvalue weighted by molar-refractivity contribution is 6.04. The molecule has 1 atom stereocenters. The van der Waals surface area contributed by atoms with Gasteiger partial charge in [0.2, 0.25) is 0 Å². The van der Waals surface area contributed by atoms with E-state index in [-0.39, 0.29) is 11.8 Å². The highest BCUT2D eigenvalue weighted by Crippen LogP contribution is 2.37. The number of para-hydroxylation sites is 2. The van der Waals surface area contributed by atoms with E-state index < -0.39 is 11.7 Å². The van der Waals surface area contributed by atoms with Crippen molar-refractivity contribution in [1.82, 2.24) is 0 Å². The fraction of sp³-hybridized carbons (Fsp3) is 0.136. The molecule has 1 heterocycles. The molecule has 1 aliphatic rings. The lowest BCUT2D eigenvalue weighted by molar-refractivity contribution is -0.136. The van der Waals surface area contributed by atoms with E-state index in [9.17, 15) is 13.2 Å². The van der Waals surface area contributed by atoms with Crippen LogP contribution >= 0.6 is 0 Å². The Morgan fingerprint density at radius 3 is 2.32 bits per heavy atom. The average Bonchev–Trinajstić information content (AvgIpc) is 2.72. The summed E-state index contributed by atoms with van der Waals surface area (Å²) in [6.07, 6.45) is -4.26. The van der Waals surface area contributed by atoms with Crippen LogP contribution in [0, 0.1) is 0 Å². The molecule has 4 rings (SSSR count). The first kappa shape index (κ1) is 18.1. The first-order valence-electron chi connectivity index (χ1n) is 8.82. The molecule has 28 heavy (non-hydrogen) atoms. The van der Waals surface area contributed by atoms with Gasteiger partial charge in [-0.2, -0.15) is 18.3 Å². The van der Waals surface area contributed by atoms with Crippen molar-refractivity contribution in [2.75, 3.05) is 5.43 Å². The van der Waals surface area contributed by atoms with E-state index in [1.54, 1.807) is 6.07 Å². The van der Waals surface area contributed by atoms with Gasteiger partial charge in [0.25, 0.3) is 0 Å².